The standard InChI is InChI=1S/C16H25N3O3/c1-11-3-2-6-19(9-11)15-5-4-12(16(17)22)7-14(15)18-8-13(21)10-20/h4-5,7,11,13,18,20-21H,2-3,6,8-10H2,1H3,(H2,17,22). The van der Waals surface area contributed by atoms with E-state index in [0.717, 1.165) is 30.9 Å². The van der Waals surface area contributed by atoms with Crippen molar-refractivity contribution in [1.82, 2.24) is 0 Å². The fourth-order valence-corrected chi connectivity index (χ4v) is 2.81. The molecule has 22 heavy (non-hydrogen) atoms. The van der Waals surface area contributed by atoms with Gasteiger partial charge in [0.1, 0.15) is 0 Å². The lowest BCUT2D eigenvalue weighted by Gasteiger charge is -2.34. The van der Waals surface area contributed by atoms with Gasteiger partial charge in [0.2, 0.25) is 5.91 Å². The van der Waals surface area contributed by atoms with Crippen molar-refractivity contribution in [2.24, 2.45) is 11.7 Å². The minimum absolute atomic E-state index is 0.217. The van der Waals surface area contributed by atoms with Crippen molar-refractivity contribution in [2.45, 2.75) is 25.9 Å². The van der Waals surface area contributed by atoms with Gasteiger partial charge in [-0.1, -0.05) is 6.92 Å². The second kappa shape index (κ2) is 7.47. The van der Waals surface area contributed by atoms with E-state index in [2.05, 4.69) is 17.1 Å². The Balaban J connectivity index is 2.24. The average Bonchev–Trinajstić information content (AvgIpc) is 2.52. The van der Waals surface area contributed by atoms with Crippen LogP contribution in [0.1, 0.15) is 30.1 Å². The van der Waals surface area contributed by atoms with Crippen LogP contribution >= 0.6 is 0 Å². The van der Waals surface area contributed by atoms with E-state index >= 15 is 0 Å². The van der Waals surface area contributed by atoms with E-state index in [0.29, 0.717) is 11.5 Å². The van der Waals surface area contributed by atoms with Crippen LogP contribution in [-0.2, 0) is 0 Å². The Bertz CT molecular complexity index is 521. The Kier molecular flexibility index (Phi) is 5.63. The molecule has 2 atom stereocenters. The lowest BCUT2D eigenvalue weighted by Crippen LogP contribution is -2.35. The Morgan fingerprint density at radius 3 is 2.95 bits per heavy atom. The van der Waals surface area contributed by atoms with E-state index in [1.54, 1.807) is 12.1 Å². The molecule has 1 amide bonds. The van der Waals surface area contributed by atoms with Gasteiger partial charge >= 0.3 is 0 Å². The van der Waals surface area contributed by atoms with Crippen molar-refractivity contribution in [3.63, 3.8) is 0 Å². The first-order valence-electron chi connectivity index (χ1n) is 7.73. The van der Waals surface area contributed by atoms with Gasteiger partial charge in [0.15, 0.2) is 0 Å². The zero-order valence-electron chi connectivity index (χ0n) is 13.0. The number of piperidine rings is 1. The van der Waals surface area contributed by atoms with Gasteiger partial charge < -0.3 is 26.2 Å². The lowest BCUT2D eigenvalue weighted by atomic mass is 9.99. The number of nitrogens with one attached hydrogen (secondary N) is 1. The summed E-state index contributed by atoms with van der Waals surface area (Å²) in [5.74, 6) is 0.143. The number of nitrogens with zero attached hydrogens (tertiary/aromatic N) is 1. The van der Waals surface area contributed by atoms with Gasteiger partial charge in [-0.25, -0.2) is 0 Å². The molecule has 2 unspecified atom stereocenters. The van der Waals surface area contributed by atoms with Crippen LogP contribution in [0.5, 0.6) is 0 Å². The van der Waals surface area contributed by atoms with Gasteiger partial charge in [0.25, 0.3) is 0 Å². The van der Waals surface area contributed by atoms with Gasteiger partial charge in [0, 0.05) is 25.2 Å². The number of benzene rings is 1. The maximum absolute atomic E-state index is 11.4. The molecule has 122 valence electrons. The summed E-state index contributed by atoms with van der Waals surface area (Å²) < 4.78 is 0. The smallest absolute Gasteiger partial charge is 0.248 e. The third-order valence-corrected chi connectivity index (χ3v) is 4.02. The molecule has 6 heteroatoms. The molecule has 0 saturated carbocycles. The number of nitrogens with two attached hydrogens (primary N) is 1. The predicted octanol–water partition coefficient (Wildman–Crippen LogP) is 0.787. The minimum atomic E-state index is -0.842. The van der Waals surface area contributed by atoms with Crippen LogP contribution in [0.15, 0.2) is 18.2 Å². The fraction of sp³-hybridized carbons (Fsp3) is 0.562. The molecule has 0 spiro atoms. The summed E-state index contributed by atoms with van der Waals surface area (Å²) in [5.41, 5.74) is 7.53. The molecule has 2 rings (SSSR count). The molecule has 1 saturated heterocycles. The molecule has 1 aromatic rings. The lowest BCUT2D eigenvalue weighted by molar-refractivity contribution is 0.100. The number of primary amides is 1. The van der Waals surface area contributed by atoms with E-state index in [1.165, 1.54) is 6.42 Å². The molecule has 6 nitrogen and oxygen atoms in total. The van der Waals surface area contributed by atoms with Gasteiger partial charge in [-0.2, -0.15) is 0 Å². The van der Waals surface area contributed by atoms with E-state index in [-0.39, 0.29) is 13.2 Å². The zero-order valence-corrected chi connectivity index (χ0v) is 13.0. The van der Waals surface area contributed by atoms with Gasteiger partial charge in [0.05, 0.1) is 24.1 Å². The highest BCUT2D eigenvalue weighted by molar-refractivity contribution is 5.95. The monoisotopic (exact) mass is 307 g/mol. The Morgan fingerprint density at radius 1 is 1.55 bits per heavy atom. The number of hydrogen-bond acceptors (Lipinski definition) is 5. The molecule has 0 radical (unpaired) electrons. The van der Waals surface area contributed by atoms with Crippen LogP contribution in [0.4, 0.5) is 11.4 Å². The number of aliphatic hydroxyl groups excluding tert-OH is 2. The van der Waals surface area contributed by atoms with Gasteiger partial charge in [-0.05, 0) is 37.0 Å². The number of rotatable bonds is 6. The Morgan fingerprint density at radius 2 is 2.32 bits per heavy atom. The van der Waals surface area contributed by atoms with Gasteiger partial charge in [-0.3, -0.25) is 4.79 Å². The molecular formula is C16H25N3O3. The van der Waals surface area contributed by atoms with Crippen LogP contribution in [-0.4, -0.2) is 48.5 Å². The summed E-state index contributed by atoms with van der Waals surface area (Å²) >= 11 is 0. The highest BCUT2D eigenvalue weighted by Gasteiger charge is 2.20. The SMILES string of the molecule is CC1CCCN(c2ccc(C(N)=O)cc2NCC(O)CO)C1. The summed E-state index contributed by atoms with van der Waals surface area (Å²) in [7, 11) is 0. The number of carbonyl (C=O) groups excluding carboxylic acids is 1. The number of amides is 1. The van der Waals surface area contributed by atoms with Crippen molar-refractivity contribution in [1.29, 1.82) is 0 Å². The third-order valence-electron chi connectivity index (χ3n) is 4.02. The normalized spacial score (nSPS) is 19.8. The van der Waals surface area contributed by atoms with E-state index in [1.807, 2.05) is 6.07 Å². The Hall–Kier alpha value is -1.79. The molecule has 0 aromatic heterocycles. The van der Waals surface area contributed by atoms with Crippen molar-refractivity contribution in [3.05, 3.63) is 23.8 Å². The largest absolute Gasteiger partial charge is 0.394 e. The molecular weight excluding hydrogens is 282 g/mol. The first-order valence-corrected chi connectivity index (χ1v) is 7.73. The Labute approximate surface area is 130 Å². The van der Waals surface area contributed by atoms with Crippen LogP contribution < -0.4 is 16.0 Å². The van der Waals surface area contributed by atoms with Crippen LogP contribution in [0.3, 0.4) is 0 Å². The number of aliphatic hydroxyl groups is 2. The fourth-order valence-electron chi connectivity index (χ4n) is 2.81. The topological polar surface area (TPSA) is 98.8 Å². The first-order chi connectivity index (χ1) is 10.5. The molecule has 0 aliphatic carbocycles. The molecule has 5 N–H and O–H groups in total. The van der Waals surface area contributed by atoms with Crippen LogP contribution in [0.25, 0.3) is 0 Å². The van der Waals surface area contributed by atoms with Crippen molar-refractivity contribution >= 4 is 17.3 Å². The molecule has 1 heterocycles. The second-order valence-electron chi connectivity index (χ2n) is 6.01. The average molecular weight is 307 g/mol. The zero-order chi connectivity index (χ0) is 16.1. The predicted molar refractivity (Wildman–Crippen MR) is 87.2 cm³/mol. The summed E-state index contributed by atoms with van der Waals surface area (Å²) in [6.07, 6.45) is 1.52. The molecule has 0 bridgehead atoms. The maximum Gasteiger partial charge on any atom is 0.248 e. The van der Waals surface area contributed by atoms with Crippen molar-refractivity contribution < 1.29 is 15.0 Å². The quantitative estimate of drug-likeness (QED) is 0.623. The molecule has 1 aromatic carbocycles. The molecule has 1 aliphatic heterocycles. The minimum Gasteiger partial charge on any atom is -0.394 e. The van der Waals surface area contributed by atoms with E-state index < -0.39 is 12.0 Å². The molecule has 1 aliphatic rings. The first kappa shape index (κ1) is 16.6. The highest BCUT2D eigenvalue weighted by Crippen LogP contribution is 2.31. The second-order valence-corrected chi connectivity index (χ2v) is 6.01. The van der Waals surface area contributed by atoms with Gasteiger partial charge in [-0.15, -0.1) is 0 Å². The van der Waals surface area contributed by atoms with Crippen LogP contribution in [0, 0.1) is 5.92 Å². The van der Waals surface area contributed by atoms with Crippen molar-refractivity contribution in [2.75, 3.05) is 36.5 Å². The summed E-state index contributed by atoms with van der Waals surface area (Å²) in [4.78, 5) is 13.7. The van der Waals surface area contributed by atoms with Crippen LogP contribution in [0.2, 0.25) is 0 Å². The maximum atomic E-state index is 11.4. The summed E-state index contributed by atoms with van der Waals surface area (Å²) in [6.45, 7) is 4.07. The number of carbonyl (C=O) groups is 1. The third kappa shape index (κ3) is 4.11. The van der Waals surface area contributed by atoms with Crippen molar-refractivity contribution in [3.8, 4) is 0 Å². The number of hydrogen-bond donors (Lipinski definition) is 4. The number of anilines is 2. The summed E-state index contributed by atoms with van der Waals surface area (Å²) in [6, 6.07) is 5.33. The summed E-state index contributed by atoms with van der Waals surface area (Å²) in [5, 5.41) is 21.6. The molecule has 1 fully saturated rings. The van der Waals surface area contributed by atoms with E-state index in [4.69, 9.17) is 10.8 Å². The highest BCUT2D eigenvalue weighted by atomic mass is 16.3. The van der Waals surface area contributed by atoms with E-state index in [9.17, 15) is 9.90 Å².